The van der Waals surface area contributed by atoms with Gasteiger partial charge in [-0.25, -0.2) is 0 Å². The highest BCUT2D eigenvalue weighted by atomic mass is 32.2. The van der Waals surface area contributed by atoms with E-state index in [0.717, 1.165) is 21.7 Å². The summed E-state index contributed by atoms with van der Waals surface area (Å²) in [6, 6.07) is 26.9. The van der Waals surface area contributed by atoms with Gasteiger partial charge in [-0.2, -0.15) is 0 Å². The van der Waals surface area contributed by atoms with Crippen LogP contribution in [0.25, 0.3) is 6.08 Å². The quantitative estimate of drug-likeness (QED) is 0.136. The predicted octanol–water partition coefficient (Wildman–Crippen LogP) is 6.46. The molecule has 43 heavy (non-hydrogen) atoms. The van der Waals surface area contributed by atoms with Crippen molar-refractivity contribution in [1.29, 1.82) is 0 Å². The van der Waals surface area contributed by atoms with Crippen molar-refractivity contribution in [3.8, 4) is 11.5 Å². The third kappa shape index (κ3) is 8.73. The zero-order chi connectivity index (χ0) is 30.8. The summed E-state index contributed by atoms with van der Waals surface area (Å²) in [5.41, 5.74) is 4.43. The van der Waals surface area contributed by atoms with Gasteiger partial charge in [0.15, 0.2) is 11.5 Å². The maximum absolute atomic E-state index is 13.4. The van der Waals surface area contributed by atoms with Crippen LogP contribution in [-0.2, 0) is 9.59 Å². The molecular formula is C34H33N3O5S. The summed E-state index contributed by atoms with van der Waals surface area (Å²) in [6.45, 7) is 3.98. The molecule has 8 nitrogen and oxygen atoms in total. The Labute approximate surface area is 255 Å². The summed E-state index contributed by atoms with van der Waals surface area (Å²) < 4.78 is 10.9. The number of aryl methyl sites for hydroxylation is 2. The highest BCUT2D eigenvalue weighted by molar-refractivity contribution is 8.00. The lowest BCUT2D eigenvalue weighted by Gasteiger charge is -2.14. The van der Waals surface area contributed by atoms with Crippen LogP contribution >= 0.6 is 11.8 Å². The number of ether oxygens (including phenoxy) is 2. The smallest absolute Gasteiger partial charge is 0.272 e. The van der Waals surface area contributed by atoms with E-state index in [9.17, 15) is 14.4 Å². The Hall–Kier alpha value is -5.02. The monoisotopic (exact) mass is 595 g/mol. The minimum atomic E-state index is -0.526. The highest BCUT2D eigenvalue weighted by Crippen LogP contribution is 2.32. The SMILES string of the molecule is COc1cccc(/C=C(\NC(=O)c2ccccc2)C(=O)Nc2ccc(SCC(=O)Nc3cc(C)cc(C)c3)cc2)c1OC. The molecule has 4 rings (SSSR count). The average molecular weight is 596 g/mol. The lowest BCUT2D eigenvalue weighted by molar-refractivity contribution is -0.114. The Bertz CT molecular complexity index is 1620. The van der Waals surface area contributed by atoms with E-state index in [1.807, 2.05) is 38.1 Å². The van der Waals surface area contributed by atoms with Gasteiger partial charge < -0.3 is 25.4 Å². The van der Waals surface area contributed by atoms with Gasteiger partial charge in [0, 0.05) is 27.4 Å². The third-order valence-electron chi connectivity index (χ3n) is 6.25. The van der Waals surface area contributed by atoms with Gasteiger partial charge in [-0.3, -0.25) is 14.4 Å². The first-order chi connectivity index (χ1) is 20.7. The maximum atomic E-state index is 13.4. The molecule has 0 saturated carbocycles. The van der Waals surface area contributed by atoms with Crippen LogP contribution in [0.3, 0.4) is 0 Å². The van der Waals surface area contributed by atoms with Gasteiger partial charge in [-0.05, 0) is 85.6 Å². The number of methoxy groups -OCH3 is 2. The number of anilines is 2. The van der Waals surface area contributed by atoms with E-state index in [1.54, 1.807) is 60.7 Å². The summed E-state index contributed by atoms with van der Waals surface area (Å²) in [5.74, 6) is 0.0779. The molecule has 0 aliphatic rings. The molecule has 3 amide bonds. The Morgan fingerprint density at radius 3 is 2.12 bits per heavy atom. The van der Waals surface area contributed by atoms with Crippen molar-refractivity contribution in [2.24, 2.45) is 0 Å². The third-order valence-corrected chi connectivity index (χ3v) is 7.26. The molecule has 0 aliphatic carbocycles. The molecule has 0 spiro atoms. The molecule has 0 unspecified atom stereocenters. The van der Waals surface area contributed by atoms with Crippen molar-refractivity contribution in [3.63, 3.8) is 0 Å². The van der Waals surface area contributed by atoms with Crippen molar-refractivity contribution >= 4 is 46.9 Å². The fourth-order valence-electron chi connectivity index (χ4n) is 4.35. The first-order valence-electron chi connectivity index (χ1n) is 13.5. The second-order valence-electron chi connectivity index (χ2n) is 9.65. The topological polar surface area (TPSA) is 106 Å². The fourth-order valence-corrected chi connectivity index (χ4v) is 5.05. The molecule has 0 saturated heterocycles. The van der Waals surface area contributed by atoms with E-state index in [2.05, 4.69) is 22.0 Å². The number of nitrogens with one attached hydrogen (secondary N) is 3. The number of hydrogen-bond donors (Lipinski definition) is 3. The van der Waals surface area contributed by atoms with Gasteiger partial charge in [0.05, 0.1) is 20.0 Å². The van der Waals surface area contributed by atoms with Crippen molar-refractivity contribution < 1.29 is 23.9 Å². The zero-order valence-corrected chi connectivity index (χ0v) is 25.2. The summed E-state index contributed by atoms with van der Waals surface area (Å²) in [6.07, 6.45) is 1.54. The van der Waals surface area contributed by atoms with Gasteiger partial charge >= 0.3 is 0 Å². The Kier molecular flexibility index (Phi) is 10.6. The van der Waals surface area contributed by atoms with E-state index >= 15 is 0 Å². The van der Waals surface area contributed by atoms with Crippen LogP contribution in [0.1, 0.15) is 27.0 Å². The second-order valence-corrected chi connectivity index (χ2v) is 10.7. The molecule has 0 heterocycles. The molecular weight excluding hydrogens is 562 g/mol. The van der Waals surface area contributed by atoms with Crippen molar-refractivity contribution in [3.05, 3.63) is 119 Å². The second kappa shape index (κ2) is 14.7. The molecule has 0 bridgehead atoms. The average Bonchev–Trinajstić information content (AvgIpc) is 3.00. The van der Waals surface area contributed by atoms with Crippen LogP contribution in [0.15, 0.2) is 102 Å². The summed E-state index contributed by atoms with van der Waals surface area (Å²) >= 11 is 1.39. The van der Waals surface area contributed by atoms with Crippen LogP contribution < -0.4 is 25.4 Å². The number of carbonyl (C=O) groups excluding carboxylic acids is 3. The van der Waals surface area contributed by atoms with Crippen LogP contribution in [0.5, 0.6) is 11.5 Å². The standard InChI is InChI=1S/C34H33N3O5S/c1-22-17-23(2)19-27(18-22)35-31(38)21-43-28-15-13-26(14-16-28)36-34(40)29(37-33(39)24-9-6-5-7-10-24)20-25-11-8-12-30(41-3)32(25)42-4/h5-20H,21H2,1-4H3,(H,35,38)(H,36,40)(H,37,39)/b29-20-. The zero-order valence-electron chi connectivity index (χ0n) is 24.4. The van der Waals surface area contributed by atoms with E-state index in [4.69, 9.17) is 9.47 Å². The number of rotatable bonds is 11. The molecule has 0 fully saturated rings. The number of benzene rings is 4. The van der Waals surface area contributed by atoms with Gasteiger partial charge in [0.25, 0.3) is 11.8 Å². The van der Waals surface area contributed by atoms with E-state index < -0.39 is 11.8 Å². The lowest BCUT2D eigenvalue weighted by Crippen LogP contribution is -2.30. The minimum Gasteiger partial charge on any atom is -0.493 e. The predicted molar refractivity (Wildman–Crippen MR) is 172 cm³/mol. The van der Waals surface area contributed by atoms with E-state index in [-0.39, 0.29) is 17.4 Å². The van der Waals surface area contributed by atoms with Gasteiger partial charge in [-0.15, -0.1) is 11.8 Å². The van der Waals surface area contributed by atoms with E-state index in [0.29, 0.717) is 28.3 Å². The van der Waals surface area contributed by atoms with Crippen LogP contribution in [0.4, 0.5) is 11.4 Å². The number of para-hydroxylation sites is 1. The van der Waals surface area contributed by atoms with Crippen LogP contribution in [0, 0.1) is 13.8 Å². The van der Waals surface area contributed by atoms with E-state index in [1.165, 1.54) is 32.1 Å². The first kappa shape index (κ1) is 30.9. The van der Waals surface area contributed by atoms with Crippen LogP contribution in [0.2, 0.25) is 0 Å². The number of carbonyl (C=O) groups is 3. The van der Waals surface area contributed by atoms with Gasteiger partial charge in [-0.1, -0.05) is 36.4 Å². The van der Waals surface area contributed by atoms with Gasteiger partial charge in [0.1, 0.15) is 5.70 Å². The normalized spacial score (nSPS) is 10.9. The molecule has 0 aromatic heterocycles. The Morgan fingerprint density at radius 2 is 1.47 bits per heavy atom. The first-order valence-corrected chi connectivity index (χ1v) is 14.5. The lowest BCUT2D eigenvalue weighted by atomic mass is 10.1. The molecule has 9 heteroatoms. The molecule has 220 valence electrons. The van der Waals surface area contributed by atoms with Crippen molar-refractivity contribution in [2.45, 2.75) is 18.7 Å². The summed E-state index contributed by atoms with van der Waals surface area (Å²) in [7, 11) is 3.03. The molecule has 0 radical (unpaired) electrons. The highest BCUT2D eigenvalue weighted by Gasteiger charge is 2.17. The molecule has 3 N–H and O–H groups in total. The number of thioether (sulfide) groups is 1. The number of hydrogen-bond acceptors (Lipinski definition) is 6. The largest absolute Gasteiger partial charge is 0.493 e. The Morgan fingerprint density at radius 1 is 0.767 bits per heavy atom. The Balaban J connectivity index is 1.46. The number of amides is 3. The van der Waals surface area contributed by atoms with Crippen molar-refractivity contribution in [1.82, 2.24) is 5.32 Å². The molecule has 4 aromatic rings. The van der Waals surface area contributed by atoms with Crippen LogP contribution in [-0.4, -0.2) is 37.7 Å². The maximum Gasteiger partial charge on any atom is 0.272 e. The molecule has 0 atom stereocenters. The van der Waals surface area contributed by atoms with Gasteiger partial charge in [0.2, 0.25) is 5.91 Å². The van der Waals surface area contributed by atoms with Crippen molar-refractivity contribution in [2.75, 3.05) is 30.6 Å². The molecule has 4 aromatic carbocycles. The summed E-state index contributed by atoms with van der Waals surface area (Å²) in [5, 5.41) is 8.50. The molecule has 0 aliphatic heterocycles. The summed E-state index contributed by atoms with van der Waals surface area (Å²) in [4.78, 5) is 39.8. The minimum absolute atomic E-state index is 0.0157. The fraction of sp³-hybridized carbons (Fsp3) is 0.147.